The molecule has 9 nitrogen and oxygen atoms in total. The summed E-state index contributed by atoms with van der Waals surface area (Å²) in [7, 11) is 0. The maximum absolute atomic E-state index is 11.1. The second-order valence-corrected chi connectivity index (χ2v) is 8.96. The van der Waals surface area contributed by atoms with E-state index in [9.17, 15) is 4.79 Å². The summed E-state index contributed by atoms with van der Waals surface area (Å²) in [5, 5.41) is 9.49. The lowest BCUT2D eigenvalue weighted by Gasteiger charge is -2.16. The lowest BCUT2D eigenvalue weighted by atomic mass is 10.00. The molecule has 1 aromatic carbocycles. The normalized spacial score (nSPS) is 11.9. The second-order valence-electron chi connectivity index (χ2n) is 8.13. The number of anilines is 1. The number of hydrogen-bond donors (Lipinski definition) is 3. The molecule has 0 spiro atoms. The first-order valence-corrected chi connectivity index (χ1v) is 11.4. The third-order valence-corrected chi connectivity index (χ3v) is 5.43. The van der Waals surface area contributed by atoms with Gasteiger partial charge in [0.15, 0.2) is 5.69 Å². The molecule has 2 aromatic heterocycles. The number of hydrogen-bond acceptors (Lipinski definition) is 9. The van der Waals surface area contributed by atoms with Crippen molar-refractivity contribution in [2.75, 3.05) is 11.3 Å². The molecule has 2 heterocycles. The molecule has 33 heavy (non-hydrogen) atoms. The first-order valence-electron chi connectivity index (χ1n) is 10.5. The maximum Gasteiger partial charge on any atom is 0.356 e. The fourth-order valence-corrected chi connectivity index (χ4v) is 3.90. The van der Waals surface area contributed by atoms with Crippen molar-refractivity contribution >= 4 is 23.9 Å². The Morgan fingerprint density at radius 2 is 1.91 bits per heavy atom. The van der Waals surface area contributed by atoms with Crippen LogP contribution in [0.3, 0.4) is 0 Å². The van der Waals surface area contributed by atoms with Crippen LogP contribution in [0, 0.1) is 19.8 Å². The zero-order valence-electron chi connectivity index (χ0n) is 19.1. The predicted octanol–water partition coefficient (Wildman–Crippen LogP) is 4.12. The van der Waals surface area contributed by atoms with E-state index in [1.54, 1.807) is 6.07 Å². The van der Waals surface area contributed by atoms with Gasteiger partial charge in [0.25, 0.3) is 0 Å². The van der Waals surface area contributed by atoms with Crippen LogP contribution in [0.4, 0.5) is 5.95 Å². The van der Waals surface area contributed by atoms with Crippen molar-refractivity contribution in [3.63, 3.8) is 0 Å². The largest absolute Gasteiger partial charge is 0.476 e. The van der Waals surface area contributed by atoms with Crippen LogP contribution in [0.25, 0.3) is 11.3 Å². The minimum Gasteiger partial charge on any atom is -0.476 e. The summed E-state index contributed by atoms with van der Waals surface area (Å²) in [4.78, 5) is 28.2. The smallest absolute Gasteiger partial charge is 0.356 e. The van der Waals surface area contributed by atoms with Gasteiger partial charge >= 0.3 is 5.97 Å². The molecule has 0 saturated carbocycles. The van der Waals surface area contributed by atoms with Crippen LogP contribution < -0.4 is 15.2 Å². The third-order valence-electron chi connectivity index (χ3n) is 4.74. The molecule has 174 valence electrons. The van der Waals surface area contributed by atoms with E-state index in [1.807, 2.05) is 32.0 Å². The quantitative estimate of drug-likeness (QED) is 0.373. The van der Waals surface area contributed by atoms with Crippen molar-refractivity contribution in [2.45, 2.75) is 45.2 Å². The Balaban J connectivity index is 1.88. The zero-order chi connectivity index (χ0) is 24.0. The van der Waals surface area contributed by atoms with Gasteiger partial charge in [0.05, 0.1) is 18.1 Å². The predicted molar refractivity (Wildman–Crippen MR) is 128 cm³/mol. The average Bonchev–Trinajstić information content (AvgIpc) is 2.76. The topological polar surface area (TPSA) is 136 Å². The summed E-state index contributed by atoms with van der Waals surface area (Å²) in [5.41, 5.74) is 9.90. The van der Waals surface area contributed by atoms with Gasteiger partial charge in [-0.2, -0.15) is 4.98 Å². The summed E-state index contributed by atoms with van der Waals surface area (Å²) >= 11 is 1.07. The van der Waals surface area contributed by atoms with Crippen LogP contribution in [0.2, 0.25) is 0 Å². The lowest BCUT2D eigenvalue weighted by molar-refractivity contribution is 0.0689. The minimum absolute atomic E-state index is 0.108. The number of benzene rings is 1. The van der Waals surface area contributed by atoms with Crippen molar-refractivity contribution in [2.24, 2.45) is 11.7 Å². The minimum atomic E-state index is -1.15. The van der Waals surface area contributed by atoms with Crippen molar-refractivity contribution in [3.8, 4) is 17.1 Å². The fourth-order valence-electron chi connectivity index (χ4n) is 3.36. The van der Waals surface area contributed by atoms with Crippen molar-refractivity contribution in [1.29, 1.82) is 0 Å². The Kier molecular flexibility index (Phi) is 8.18. The lowest BCUT2D eigenvalue weighted by Crippen LogP contribution is -2.29. The number of nitrogens with two attached hydrogens (primary N) is 1. The van der Waals surface area contributed by atoms with Crippen LogP contribution in [-0.2, 0) is 0 Å². The summed E-state index contributed by atoms with van der Waals surface area (Å²) < 4.78 is 8.95. The van der Waals surface area contributed by atoms with Crippen molar-refractivity contribution in [3.05, 3.63) is 53.5 Å². The Labute approximate surface area is 197 Å². The molecule has 3 aromatic rings. The van der Waals surface area contributed by atoms with E-state index in [-0.39, 0.29) is 11.7 Å². The molecule has 0 aliphatic carbocycles. The SMILES string of the molecule is Cc1cccc(C)c1-c1cc(OCC(N)CC(C)C)nc(NSc2cncc(C(=O)O)n2)n1. The van der Waals surface area contributed by atoms with Crippen LogP contribution >= 0.6 is 11.9 Å². The molecule has 0 fully saturated rings. The highest BCUT2D eigenvalue weighted by Gasteiger charge is 2.14. The van der Waals surface area contributed by atoms with Gasteiger partial charge in [-0.05, 0) is 37.3 Å². The van der Waals surface area contributed by atoms with E-state index >= 15 is 0 Å². The molecule has 0 bridgehead atoms. The summed E-state index contributed by atoms with van der Waals surface area (Å²) in [6, 6.07) is 7.75. The number of carbonyl (C=O) groups is 1. The molecular formula is C23H28N6O3S. The van der Waals surface area contributed by atoms with Gasteiger partial charge in [-0.15, -0.1) is 0 Å². The maximum atomic E-state index is 11.1. The highest BCUT2D eigenvalue weighted by molar-refractivity contribution is 8.00. The highest BCUT2D eigenvalue weighted by atomic mass is 32.2. The Morgan fingerprint density at radius 1 is 1.18 bits per heavy atom. The number of aromatic carboxylic acids is 1. The number of aryl methyl sites for hydroxylation is 2. The van der Waals surface area contributed by atoms with E-state index in [1.165, 1.54) is 12.4 Å². The number of nitrogens with one attached hydrogen (secondary N) is 1. The van der Waals surface area contributed by atoms with Crippen molar-refractivity contribution < 1.29 is 14.6 Å². The number of carboxylic acids is 1. The monoisotopic (exact) mass is 468 g/mol. The average molecular weight is 469 g/mol. The molecule has 4 N–H and O–H groups in total. The van der Waals surface area contributed by atoms with E-state index in [4.69, 9.17) is 15.6 Å². The van der Waals surface area contributed by atoms with Gasteiger partial charge < -0.3 is 15.6 Å². The molecule has 3 rings (SSSR count). The second kappa shape index (κ2) is 11.1. The Hall–Kier alpha value is -3.24. The zero-order valence-corrected chi connectivity index (χ0v) is 19.9. The summed E-state index contributed by atoms with van der Waals surface area (Å²) in [6.45, 7) is 8.62. The first-order chi connectivity index (χ1) is 15.7. The van der Waals surface area contributed by atoms with E-state index in [2.05, 4.69) is 38.5 Å². The standard InChI is InChI=1S/C23H28N6O3S/c1-13(2)8-16(24)12-32-19-9-17(21-14(3)6-5-7-15(21)4)27-23(28-19)29-33-20-11-25-10-18(26-20)22(30)31/h5-7,9-11,13,16H,8,12,24H2,1-4H3,(H,30,31)(H,27,28,29). The number of carboxylic acid groups (broad SMARTS) is 1. The first kappa shape index (κ1) is 24.4. The van der Waals surface area contributed by atoms with Crippen molar-refractivity contribution in [1.82, 2.24) is 19.9 Å². The molecule has 1 atom stereocenters. The molecule has 0 aliphatic rings. The van der Waals surface area contributed by atoms with Gasteiger partial charge in [0.1, 0.15) is 11.6 Å². The third kappa shape index (κ3) is 6.87. The van der Waals surface area contributed by atoms with Crippen LogP contribution in [-0.4, -0.2) is 43.7 Å². The molecule has 0 amide bonds. The highest BCUT2D eigenvalue weighted by Crippen LogP contribution is 2.29. The van der Waals surface area contributed by atoms with E-state index in [0.717, 1.165) is 35.1 Å². The number of nitrogens with zero attached hydrogens (tertiary/aromatic N) is 4. The van der Waals surface area contributed by atoms with Gasteiger partial charge in [-0.25, -0.2) is 14.8 Å². The van der Waals surface area contributed by atoms with Gasteiger partial charge in [0, 0.05) is 29.6 Å². The van der Waals surface area contributed by atoms with Crippen LogP contribution in [0.15, 0.2) is 41.7 Å². The summed E-state index contributed by atoms with van der Waals surface area (Å²) in [6.07, 6.45) is 3.49. The van der Waals surface area contributed by atoms with E-state index < -0.39 is 5.97 Å². The molecular weight excluding hydrogens is 440 g/mol. The van der Waals surface area contributed by atoms with E-state index in [0.29, 0.717) is 35.1 Å². The Morgan fingerprint density at radius 3 is 2.58 bits per heavy atom. The fraction of sp³-hybridized carbons (Fsp3) is 0.348. The van der Waals surface area contributed by atoms with Gasteiger partial charge in [-0.1, -0.05) is 32.0 Å². The molecule has 1 unspecified atom stereocenters. The number of ether oxygens (including phenoxy) is 1. The molecule has 0 radical (unpaired) electrons. The number of aromatic nitrogens is 4. The number of rotatable bonds is 10. The van der Waals surface area contributed by atoms with Gasteiger partial charge in [-0.3, -0.25) is 9.71 Å². The molecule has 0 saturated heterocycles. The van der Waals surface area contributed by atoms with Crippen LogP contribution in [0.5, 0.6) is 5.88 Å². The van der Waals surface area contributed by atoms with Crippen LogP contribution in [0.1, 0.15) is 41.9 Å². The molecule has 0 aliphatic heterocycles. The Bertz CT molecular complexity index is 1100. The summed E-state index contributed by atoms with van der Waals surface area (Å²) in [5.74, 6) is 0.0209. The molecule has 10 heteroatoms. The van der Waals surface area contributed by atoms with Gasteiger partial charge in [0.2, 0.25) is 11.8 Å².